The number of halogens is 1. The maximum Gasteiger partial charge on any atom is 0.246 e. The normalized spacial score (nSPS) is 21.0. The molecule has 0 aliphatic carbocycles. The molecule has 0 amide bonds. The number of rotatable bonds is 4. The topological polar surface area (TPSA) is 85.5 Å². The van der Waals surface area contributed by atoms with Gasteiger partial charge in [0.25, 0.3) is 0 Å². The van der Waals surface area contributed by atoms with Crippen molar-refractivity contribution >= 4 is 31.8 Å². The fourth-order valence-electron chi connectivity index (χ4n) is 2.27. The Balaban J connectivity index is 2.27. The molecule has 112 valence electrons. The number of piperidine rings is 1. The van der Waals surface area contributed by atoms with E-state index in [9.17, 15) is 8.42 Å². The molecular formula is C12H18BrN3O3S. The summed E-state index contributed by atoms with van der Waals surface area (Å²) in [6.07, 6.45) is 3.09. The molecule has 2 heterocycles. The maximum atomic E-state index is 12.6. The lowest BCUT2D eigenvalue weighted by Gasteiger charge is -2.31. The quantitative estimate of drug-likeness (QED) is 0.878. The van der Waals surface area contributed by atoms with Crippen molar-refractivity contribution in [2.24, 2.45) is 0 Å². The largest absolute Gasteiger partial charge is 0.383 e. The Morgan fingerprint density at radius 1 is 1.60 bits per heavy atom. The monoisotopic (exact) mass is 363 g/mol. The lowest BCUT2D eigenvalue weighted by molar-refractivity contribution is 0.0265. The van der Waals surface area contributed by atoms with E-state index < -0.39 is 10.0 Å². The lowest BCUT2D eigenvalue weighted by Crippen LogP contribution is -2.43. The Hall–Kier alpha value is -0.700. The van der Waals surface area contributed by atoms with Crippen LogP contribution in [0.15, 0.2) is 21.6 Å². The highest BCUT2D eigenvalue weighted by atomic mass is 79.9. The standard InChI is InChI=1S/C12H18BrN3O3S/c1-2-19-10-4-3-5-16(8-10)20(17,18)11-6-9(13)7-15-12(11)14/h6-7,10H,2-5,8H2,1H3,(H2,14,15). The number of aromatic nitrogens is 1. The molecule has 1 aliphatic heterocycles. The van der Waals surface area contributed by atoms with Crippen LogP contribution in [0.2, 0.25) is 0 Å². The van der Waals surface area contributed by atoms with E-state index in [1.165, 1.54) is 16.6 Å². The summed E-state index contributed by atoms with van der Waals surface area (Å²) < 4.78 is 32.8. The summed E-state index contributed by atoms with van der Waals surface area (Å²) in [4.78, 5) is 3.93. The van der Waals surface area contributed by atoms with Crippen molar-refractivity contribution in [2.75, 3.05) is 25.4 Å². The smallest absolute Gasteiger partial charge is 0.246 e. The Bertz CT molecular complexity index is 577. The maximum absolute atomic E-state index is 12.6. The van der Waals surface area contributed by atoms with E-state index in [0.29, 0.717) is 24.2 Å². The molecule has 0 radical (unpaired) electrons. The number of ether oxygens (including phenoxy) is 1. The SMILES string of the molecule is CCOC1CCCN(S(=O)(=O)c2cc(Br)cnc2N)C1. The van der Waals surface area contributed by atoms with E-state index in [0.717, 1.165) is 12.8 Å². The van der Waals surface area contributed by atoms with Gasteiger partial charge in [-0.3, -0.25) is 0 Å². The van der Waals surface area contributed by atoms with Gasteiger partial charge in [-0.05, 0) is 41.8 Å². The van der Waals surface area contributed by atoms with Gasteiger partial charge in [-0.2, -0.15) is 4.31 Å². The molecule has 6 nitrogen and oxygen atoms in total. The Morgan fingerprint density at radius 3 is 3.05 bits per heavy atom. The number of nitrogens with two attached hydrogens (primary N) is 1. The van der Waals surface area contributed by atoms with Crippen LogP contribution in [0.25, 0.3) is 0 Å². The number of hydrogen-bond acceptors (Lipinski definition) is 5. The average molecular weight is 364 g/mol. The summed E-state index contributed by atoms with van der Waals surface area (Å²) >= 11 is 3.22. The van der Waals surface area contributed by atoms with Gasteiger partial charge in [0.1, 0.15) is 10.7 Å². The minimum absolute atomic E-state index is 0.0201. The molecule has 0 spiro atoms. The highest BCUT2D eigenvalue weighted by molar-refractivity contribution is 9.10. The summed E-state index contributed by atoms with van der Waals surface area (Å²) in [6, 6.07) is 1.49. The second-order valence-electron chi connectivity index (χ2n) is 4.62. The van der Waals surface area contributed by atoms with Crippen molar-refractivity contribution < 1.29 is 13.2 Å². The second-order valence-corrected chi connectivity index (χ2v) is 7.44. The van der Waals surface area contributed by atoms with Crippen molar-refractivity contribution in [3.63, 3.8) is 0 Å². The highest BCUT2D eigenvalue weighted by Crippen LogP contribution is 2.26. The molecule has 2 rings (SSSR count). The third-order valence-electron chi connectivity index (χ3n) is 3.21. The van der Waals surface area contributed by atoms with Crippen LogP contribution >= 0.6 is 15.9 Å². The molecule has 1 atom stereocenters. The van der Waals surface area contributed by atoms with Gasteiger partial charge in [-0.1, -0.05) is 0 Å². The van der Waals surface area contributed by atoms with Crippen LogP contribution in [0.4, 0.5) is 5.82 Å². The first-order valence-electron chi connectivity index (χ1n) is 6.48. The molecule has 0 bridgehead atoms. The van der Waals surface area contributed by atoms with Crippen molar-refractivity contribution in [2.45, 2.75) is 30.8 Å². The van der Waals surface area contributed by atoms with Crippen molar-refractivity contribution in [1.29, 1.82) is 0 Å². The minimum atomic E-state index is -3.63. The van der Waals surface area contributed by atoms with Gasteiger partial charge in [-0.15, -0.1) is 0 Å². The molecule has 1 saturated heterocycles. The molecule has 1 unspecified atom stereocenters. The molecule has 1 aromatic heterocycles. The first-order valence-corrected chi connectivity index (χ1v) is 8.71. The van der Waals surface area contributed by atoms with E-state index in [1.807, 2.05) is 6.92 Å². The fraction of sp³-hybridized carbons (Fsp3) is 0.583. The van der Waals surface area contributed by atoms with Crippen LogP contribution in [0.5, 0.6) is 0 Å². The molecular weight excluding hydrogens is 346 g/mol. The van der Waals surface area contributed by atoms with Crippen molar-refractivity contribution in [3.05, 3.63) is 16.7 Å². The number of sulfonamides is 1. The summed E-state index contributed by atoms with van der Waals surface area (Å²) in [5, 5.41) is 0. The van der Waals surface area contributed by atoms with Crippen LogP contribution in [0, 0.1) is 0 Å². The van der Waals surface area contributed by atoms with Gasteiger partial charge in [0.2, 0.25) is 10.0 Å². The third-order valence-corrected chi connectivity index (χ3v) is 5.54. The predicted octanol–water partition coefficient (Wildman–Crippen LogP) is 1.62. The van der Waals surface area contributed by atoms with Gasteiger partial charge < -0.3 is 10.5 Å². The number of hydrogen-bond donors (Lipinski definition) is 1. The first-order chi connectivity index (χ1) is 9.45. The van der Waals surface area contributed by atoms with Gasteiger partial charge in [0.05, 0.1) is 6.10 Å². The fourth-order valence-corrected chi connectivity index (χ4v) is 4.36. The molecule has 1 aromatic rings. The highest BCUT2D eigenvalue weighted by Gasteiger charge is 2.32. The zero-order valence-corrected chi connectivity index (χ0v) is 13.7. The lowest BCUT2D eigenvalue weighted by atomic mass is 10.1. The molecule has 8 heteroatoms. The number of nitrogen functional groups attached to an aromatic ring is 1. The van der Waals surface area contributed by atoms with Gasteiger partial charge in [0, 0.05) is 30.4 Å². The van der Waals surface area contributed by atoms with Crippen LogP contribution < -0.4 is 5.73 Å². The van der Waals surface area contributed by atoms with E-state index >= 15 is 0 Å². The molecule has 1 aliphatic rings. The van der Waals surface area contributed by atoms with E-state index in [4.69, 9.17) is 10.5 Å². The number of nitrogens with zero attached hydrogens (tertiary/aromatic N) is 2. The molecule has 2 N–H and O–H groups in total. The minimum Gasteiger partial charge on any atom is -0.383 e. The van der Waals surface area contributed by atoms with E-state index in [1.54, 1.807) is 0 Å². The van der Waals surface area contributed by atoms with Crippen LogP contribution in [0.1, 0.15) is 19.8 Å². The molecule has 1 fully saturated rings. The van der Waals surface area contributed by atoms with Gasteiger partial charge in [-0.25, -0.2) is 13.4 Å². The first kappa shape index (κ1) is 15.7. The van der Waals surface area contributed by atoms with Gasteiger partial charge in [0.15, 0.2) is 0 Å². The van der Waals surface area contributed by atoms with Crippen LogP contribution in [-0.4, -0.2) is 43.5 Å². The summed E-state index contributed by atoms with van der Waals surface area (Å²) in [5.41, 5.74) is 5.71. The average Bonchev–Trinajstić information content (AvgIpc) is 2.42. The number of pyridine rings is 1. The second kappa shape index (κ2) is 6.38. The van der Waals surface area contributed by atoms with E-state index in [-0.39, 0.29) is 16.8 Å². The summed E-state index contributed by atoms with van der Waals surface area (Å²) in [5.74, 6) is 0.0201. The Labute approximate surface area is 127 Å². The number of anilines is 1. The van der Waals surface area contributed by atoms with Crippen LogP contribution in [-0.2, 0) is 14.8 Å². The molecule has 20 heavy (non-hydrogen) atoms. The summed E-state index contributed by atoms with van der Waals surface area (Å²) in [7, 11) is -3.63. The van der Waals surface area contributed by atoms with Crippen molar-refractivity contribution in [1.82, 2.24) is 9.29 Å². The Morgan fingerprint density at radius 2 is 2.35 bits per heavy atom. The Kier molecular flexibility index (Phi) is 5.00. The predicted molar refractivity (Wildman–Crippen MR) is 79.8 cm³/mol. The summed E-state index contributed by atoms with van der Waals surface area (Å²) in [6.45, 7) is 3.34. The van der Waals surface area contributed by atoms with Crippen molar-refractivity contribution in [3.8, 4) is 0 Å². The molecule has 0 aromatic carbocycles. The molecule has 0 saturated carbocycles. The zero-order chi connectivity index (χ0) is 14.8. The third kappa shape index (κ3) is 3.30. The van der Waals surface area contributed by atoms with E-state index in [2.05, 4.69) is 20.9 Å². The van der Waals surface area contributed by atoms with Crippen LogP contribution in [0.3, 0.4) is 0 Å². The van der Waals surface area contributed by atoms with Gasteiger partial charge >= 0.3 is 0 Å². The zero-order valence-electron chi connectivity index (χ0n) is 11.3.